The second kappa shape index (κ2) is 5.97. The summed E-state index contributed by atoms with van der Waals surface area (Å²) >= 11 is 4.68. The monoisotopic (exact) mass is 327 g/mol. The molecule has 1 aromatic carbocycles. The van der Waals surface area contributed by atoms with Crippen LogP contribution in [0.5, 0.6) is 10.9 Å². The van der Waals surface area contributed by atoms with E-state index >= 15 is 0 Å². The van der Waals surface area contributed by atoms with Crippen LogP contribution in [0, 0.1) is 0 Å². The molecule has 1 heterocycles. The van der Waals surface area contributed by atoms with Crippen molar-refractivity contribution in [3.05, 3.63) is 39.8 Å². The molecular weight excluding hydrogens is 318 g/mol. The molecule has 0 fully saturated rings. The van der Waals surface area contributed by atoms with Gasteiger partial charge in [0.1, 0.15) is 5.75 Å². The number of esters is 1. The highest BCUT2D eigenvalue weighted by Crippen LogP contribution is 2.29. The molecule has 0 radical (unpaired) electrons. The smallest absolute Gasteiger partial charge is 0.338 e. The van der Waals surface area contributed by atoms with E-state index in [1.165, 1.54) is 11.3 Å². The zero-order valence-electron chi connectivity index (χ0n) is 9.55. The van der Waals surface area contributed by atoms with E-state index in [0.717, 1.165) is 3.79 Å². The summed E-state index contributed by atoms with van der Waals surface area (Å²) in [6.45, 7) is 2.12. The van der Waals surface area contributed by atoms with Gasteiger partial charge in [0, 0.05) is 0 Å². The third-order valence-electron chi connectivity index (χ3n) is 2.01. The first-order valence-electron chi connectivity index (χ1n) is 5.25. The fourth-order valence-electron chi connectivity index (χ4n) is 1.29. The minimum atomic E-state index is -0.358. The van der Waals surface area contributed by atoms with Crippen molar-refractivity contribution < 1.29 is 14.3 Å². The van der Waals surface area contributed by atoms with Crippen LogP contribution >= 0.6 is 27.3 Å². The van der Waals surface area contributed by atoms with Crippen molar-refractivity contribution >= 4 is 33.2 Å². The molecule has 0 saturated heterocycles. The van der Waals surface area contributed by atoms with E-state index in [0.29, 0.717) is 23.1 Å². The maximum absolute atomic E-state index is 11.6. The summed E-state index contributed by atoms with van der Waals surface area (Å²) in [5.74, 6) is 0.200. The highest BCUT2D eigenvalue weighted by atomic mass is 79.9. The Balaban J connectivity index is 2.14. The zero-order chi connectivity index (χ0) is 13.0. The molecule has 0 aliphatic carbocycles. The van der Waals surface area contributed by atoms with Crippen molar-refractivity contribution in [3.8, 4) is 10.9 Å². The van der Waals surface area contributed by atoms with Gasteiger partial charge in [-0.2, -0.15) is 0 Å². The average molecular weight is 328 g/mol. The molecule has 0 N–H and O–H groups in total. The fraction of sp³-hybridized carbons (Fsp3) is 0.167. The molecule has 0 aliphatic rings. The molecule has 2 aromatic rings. The van der Waals surface area contributed by atoms with Gasteiger partial charge >= 0.3 is 5.97 Å². The fourth-order valence-corrected chi connectivity index (χ4v) is 2.32. The van der Waals surface area contributed by atoms with Crippen LogP contribution < -0.4 is 4.74 Å². The molecule has 0 unspecified atom stereocenters. The molecule has 0 amide bonds. The van der Waals surface area contributed by atoms with E-state index in [2.05, 4.69) is 20.9 Å². The van der Waals surface area contributed by atoms with Gasteiger partial charge in [-0.25, -0.2) is 9.78 Å². The summed E-state index contributed by atoms with van der Waals surface area (Å²) < 4.78 is 11.3. The number of benzene rings is 1. The lowest BCUT2D eigenvalue weighted by molar-refractivity contribution is 0.0526. The zero-order valence-corrected chi connectivity index (χ0v) is 12.0. The van der Waals surface area contributed by atoms with Crippen LogP contribution in [0.2, 0.25) is 0 Å². The highest BCUT2D eigenvalue weighted by molar-refractivity contribution is 9.11. The second-order valence-corrected chi connectivity index (χ2v) is 5.65. The second-order valence-electron chi connectivity index (χ2n) is 3.28. The van der Waals surface area contributed by atoms with E-state index in [-0.39, 0.29) is 5.97 Å². The lowest BCUT2D eigenvalue weighted by Gasteiger charge is -2.04. The number of rotatable bonds is 4. The molecule has 0 atom stereocenters. The maximum Gasteiger partial charge on any atom is 0.338 e. The van der Waals surface area contributed by atoms with Crippen molar-refractivity contribution in [2.45, 2.75) is 6.92 Å². The van der Waals surface area contributed by atoms with E-state index < -0.39 is 0 Å². The van der Waals surface area contributed by atoms with Crippen LogP contribution in [0.4, 0.5) is 0 Å². The summed E-state index contributed by atoms with van der Waals surface area (Å²) in [6, 6.07) is 6.82. The average Bonchev–Trinajstić information content (AvgIpc) is 2.75. The SMILES string of the molecule is CCOC(=O)c1cccc(Oc2ncc(Br)s2)c1. The van der Waals surface area contributed by atoms with E-state index in [9.17, 15) is 4.79 Å². The number of carbonyl (C=O) groups is 1. The first kappa shape index (κ1) is 13.0. The Morgan fingerprint density at radius 3 is 3.00 bits per heavy atom. The van der Waals surface area contributed by atoms with Gasteiger partial charge in [0.05, 0.1) is 22.2 Å². The molecule has 0 spiro atoms. The van der Waals surface area contributed by atoms with Gasteiger partial charge in [0.2, 0.25) is 0 Å². The standard InChI is InChI=1S/C12H10BrNO3S/c1-2-16-11(15)8-4-3-5-9(6-8)17-12-14-7-10(13)18-12/h3-7H,2H2,1H3. The van der Waals surface area contributed by atoms with E-state index in [1.807, 2.05) is 0 Å². The van der Waals surface area contributed by atoms with Crippen molar-refractivity contribution in [2.75, 3.05) is 6.61 Å². The quantitative estimate of drug-likeness (QED) is 0.799. The van der Waals surface area contributed by atoms with Crippen molar-refractivity contribution in [2.24, 2.45) is 0 Å². The summed E-state index contributed by atoms with van der Waals surface area (Å²) in [4.78, 5) is 15.6. The molecule has 94 valence electrons. The normalized spacial score (nSPS) is 10.1. The minimum absolute atomic E-state index is 0.351. The third-order valence-corrected chi connectivity index (χ3v) is 3.36. The Hall–Kier alpha value is -1.40. The number of thiazole rings is 1. The molecule has 0 bridgehead atoms. The van der Waals surface area contributed by atoms with Gasteiger partial charge in [-0.15, -0.1) is 0 Å². The molecule has 2 rings (SSSR count). The number of hydrogen-bond donors (Lipinski definition) is 0. The lowest BCUT2D eigenvalue weighted by Crippen LogP contribution is -2.04. The molecule has 1 aromatic heterocycles. The van der Waals surface area contributed by atoms with Crippen LogP contribution in [0.1, 0.15) is 17.3 Å². The van der Waals surface area contributed by atoms with Gasteiger partial charge in [-0.1, -0.05) is 17.4 Å². The minimum Gasteiger partial charge on any atom is -0.462 e. The van der Waals surface area contributed by atoms with Gasteiger partial charge in [-0.05, 0) is 41.1 Å². The molecule has 0 aliphatic heterocycles. The van der Waals surface area contributed by atoms with Crippen molar-refractivity contribution in [1.29, 1.82) is 0 Å². The van der Waals surface area contributed by atoms with Gasteiger partial charge in [0.15, 0.2) is 0 Å². The lowest BCUT2D eigenvalue weighted by atomic mass is 10.2. The van der Waals surface area contributed by atoms with Crippen LogP contribution in [0.15, 0.2) is 34.2 Å². The first-order chi connectivity index (χ1) is 8.69. The molecule has 6 heteroatoms. The highest BCUT2D eigenvalue weighted by Gasteiger charge is 2.08. The Kier molecular flexibility index (Phi) is 4.33. The van der Waals surface area contributed by atoms with Crippen molar-refractivity contribution in [3.63, 3.8) is 0 Å². The number of halogens is 1. The molecule has 18 heavy (non-hydrogen) atoms. The number of ether oxygens (including phenoxy) is 2. The van der Waals surface area contributed by atoms with Gasteiger partial charge < -0.3 is 9.47 Å². The molecule has 4 nitrogen and oxygen atoms in total. The Morgan fingerprint density at radius 2 is 2.33 bits per heavy atom. The summed E-state index contributed by atoms with van der Waals surface area (Å²) in [6.07, 6.45) is 1.66. The number of aromatic nitrogens is 1. The van der Waals surface area contributed by atoms with Gasteiger partial charge in [-0.3, -0.25) is 0 Å². The predicted octanol–water partition coefficient (Wildman–Crippen LogP) is 3.87. The largest absolute Gasteiger partial charge is 0.462 e. The predicted molar refractivity (Wildman–Crippen MR) is 72.3 cm³/mol. The van der Waals surface area contributed by atoms with E-state index in [4.69, 9.17) is 9.47 Å². The Labute approximate surface area is 117 Å². The van der Waals surface area contributed by atoms with E-state index in [1.54, 1.807) is 37.4 Å². The summed E-state index contributed by atoms with van der Waals surface area (Å²) in [7, 11) is 0. The number of carbonyl (C=O) groups excluding carboxylic acids is 1. The molecular formula is C12H10BrNO3S. The summed E-state index contributed by atoms with van der Waals surface area (Å²) in [5.41, 5.74) is 0.463. The first-order valence-corrected chi connectivity index (χ1v) is 6.86. The van der Waals surface area contributed by atoms with Crippen LogP contribution in [0.25, 0.3) is 0 Å². The molecule has 0 saturated carbocycles. The topological polar surface area (TPSA) is 48.4 Å². The van der Waals surface area contributed by atoms with Crippen molar-refractivity contribution in [1.82, 2.24) is 4.98 Å². The number of hydrogen-bond acceptors (Lipinski definition) is 5. The summed E-state index contributed by atoms with van der Waals surface area (Å²) in [5, 5.41) is 0.517. The van der Waals surface area contributed by atoms with Gasteiger partial charge in [0.25, 0.3) is 5.19 Å². The van der Waals surface area contributed by atoms with Crippen LogP contribution in [-0.4, -0.2) is 17.6 Å². The Morgan fingerprint density at radius 1 is 1.50 bits per heavy atom. The third kappa shape index (κ3) is 3.30. The Bertz CT molecular complexity index is 556. The number of nitrogens with zero attached hydrogens (tertiary/aromatic N) is 1. The van der Waals surface area contributed by atoms with Crippen LogP contribution in [0.3, 0.4) is 0 Å². The maximum atomic E-state index is 11.6. The van der Waals surface area contributed by atoms with Crippen LogP contribution in [-0.2, 0) is 4.74 Å².